The SMILES string of the molecule is NC1CCN(c2n[nH]c(C(F)F)n2)CC1. The number of aromatic amines is 1. The second kappa shape index (κ2) is 4.09. The van der Waals surface area contributed by atoms with Gasteiger partial charge < -0.3 is 10.6 Å². The van der Waals surface area contributed by atoms with Gasteiger partial charge in [-0.3, -0.25) is 5.10 Å². The number of H-pyrrole nitrogens is 1. The fourth-order valence-electron chi connectivity index (χ4n) is 1.60. The van der Waals surface area contributed by atoms with E-state index in [1.807, 2.05) is 4.90 Å². The minimum absolute atomic E-state index is 0.203. The van der Waals surface area contributed by atoms with Crippen molar-refractivity contribution in [1.82, 2.24) is 15.2 Å². The van der Waals surface area contributed by atoms with Gasteiger partial charge in [-0.1, -0.05) is 0 Å². The molecule has 0 aromatic carbocycles. The first kappa shape index (κ1) is 10.3. The van der Waals surface area contributed by atoms with Crippen LogP contribution in [0.3, 0.4) is 0 Å². The van der Waals surface area contributed by atoms with E-state index in [9.17, 15) is 8.78 Å². The Kier molecular flexibility index (Phi) is 2.81. The third kappa shape index (κ3) is 2.23. The molecule has 3 N–H and O–H groups in total. The molecule has 0 bridgehead atoms. The number of nitrogens with one attached hydrogen (secondary N) is 1. The lowest BCUT2D eigenvalue weighted by Gasteiger charge is -2.28. The summed E-state index contributed by atoms with van der Waals surface area (Å²) in [6.45, 7) is 1.45. The van der Waals surface area contributed by atoms with E-state index in [4.69, 9.17) is 5.73 Å². The van der Waals surface area contributed by atoms with Crippen molar-refractivity contribution in [1.29, 1.82) is 0 Å². The van der Waals surface area contributed by atoms with Crippen molar-refractivity contribution < 1.29 is 8.78 Å². The van der Waals surface area contributed by atoms with Crippen molar-refractivity contribution in [3.05, 3.63) is 5.82 Å². The Bertz CT molecular complexity index is 319. The molecule has 0 saturated carbocycles. The lowest BCUT2D eigenvalue weighted by molar-refractivity contribution is 0.141. The van der Waals surface area contributed by atoms with E-state index >= 15 is 0 Å². The molecule has 1 aliphatic heterocycles. The third-order valence-corrected chi connectivity index (χ3v) is 2.52. The average Bonchev–Trinajstić information content (AvgIpc) is 2.68. The van der Waals surface area contributed by atoms with Crippen LogP contribution in [0.25, 0.3) is 0 Å². The van der Waals surface area contributed by atoms with Crippen molar-refractivity contribution >= 4 is 5.95 Å². The number of aromatic nitrogens is 3. The molecule has 0 spiro atoms. The van der Waals surface area contributed by atoms with Gasteiger partial charge in [-0.15, -0.1) is 5.10 Å². The summed E-state index contributed by atoms with van der Waals surface area (Å²) < 4.78 is 24.5. The second-order valence-electron chi connectivity index (χ2n) is 3.65. The Morgan fingerprint density at radius 2 is 2.07 bits per heavy atom. The summed E-state index contributed by atoms with van der Waals surface area (Å²) in [6.07, 6.45) is -0.907. The van der Waals surface area contributed by atoms with E-state index < -0.39 is 6.43 Å². The van der Waals surface area contributed by atoms with Crippen molar-refractivity contribution in [2.45, 2.75) is 25.3 Å². The Balaban J connectivity index is 2.03. The molecule has 1 aromatic rings. The molecule has 0 unspecified atom stereocenters. The average molecular weight is 217 g/mol. The molecule has 2 heterocycles. The van der Waals surface area contributed by atoms with Crippen molar-refractivity contribution in [3.8, 4) is 0 Å². The van der Waals surface area contributed by atoms with E-state index in [-0.39, 0.29) is 11.9 Å². The summed E-state index contributed by atoms with van der Waals surface area (Å²) in [4.78, 5) is 5.59. The van der Waals surface area contributed by atoms with Crippen LogP contribution in [0.4, 0.5) is 14.7 Å². The summed E-state index contributed by atoms with van der Waals surface area (Å²) in [5.41, 5.74) is 5.73. The van der Waals surface area contributed by atoms with E-state index in [0.717, 1.165) is 25.9 Å². The zero-order valence-corrected chi connectivity index (χ0v) is 8.16. The van der Waals surface area contributed by atoms with E-state index in [0.29, 0.717) is 5.95 Å². The van der Waals surface area contributed by atoms with Crippen LogP contribution in [0, 0.1) is 0 Å². The molecule has 0 atom stereocenters. The molecule has 1 aromatic heterocycles. The molecule has 15 heavy (non-hydrogen) atoms. The first-order chi connectivity index (χ1) is 7.16. The summed E-state index contributed by atoms with van der Waals surface area (Å²) in [5, 5.41) is 5.98. The number of nitrogens with zero attached hydrogens (tertiary/aromatic N) is 3. The molecule has 0 aliphatic carbocycles. The molecule has 84 valence electrons. The van der Waals surface area contributed by atoms with Crippen LogP contribution in [0.15, 0.2) is 0 Å². The summed E-state index contributed by atoms with van der Waals surface area (Å²) in [7, 11) is 0. The van der Waals surface area contributed by atoms with Gasteiger partial charge in [0.1, 0.15) is 0 Å². The Labute approximate surface area is 85.7 Å². The summed E-state index contributed by atoms with van der Waals surface area (Å²) >= 11 is 0. The highest BCUT2D eigenvalue weighted by Crippen LogP contribution is 2.19. The Hall–Kier alpha value is -1.24. The van der Waals surface area contributed by atoms with Gasteiger partial charge in [-0.2, -0.15) is 4.98 Å². The van der Waals surface area contributed by atoms with E-state index in [2.05, 4.69) is 15.2 Å². The first-order valence-corrected chi connectivity index (χ1v) is 4.88. The molecule has 0 radical (unpaired) electrons. The Morgan fingerprint density at radius 3 is 2.60 bits per heavy atom. The van der Waals surface area contributed by atoms with Gasteiger partial charge in [-0.05, 0) is 12.8 Å². The van der Waals surface area contributed by atoms with Gasteiger partial charge in [-0.25, -0.2) is 8.78 Å². The van der Waals surface area contributed by atoms with Gasteiger partial charge in [0.05, 0.1) is 0 Å². The quantitative estimate of drug-likeness (QED) is 0.763. The van der Waals surface area contributed by atoms with Gasteiger partial charge >= 0.3 is 0 Å². The highest BCUT2D eigenvalue weighted by molar-refractivity contribution is 5.29. The minimum Gasteiger partial charge on any atom is -0.339 e. The largest absolute Gasteiger partial charge is 0.339 e. The molecular weight excluding hydrogens is 204 g/mol. The molecule has 1 saturated heterocycles. The number of nitrogens with two attached hydrogens (primary N) is 1. The monoisotopic (exact) mass is 217 g/mol. The number of halogens is 2. The molecule has 1 aliphatic rings. The van der Waals surface area contributed by atoms with Crippen LogP contribution in [0.5, 0.6) is 0 Å². The van der Waals surface area contributed by atoms with E-state index in [1.165, 1.54) is 0 Å². The van der Waals surface area contributed by atoms with Crippen LogP contribution in [0.1, 0.15) is 25.1 Å². The highest BCUT2D eigenvalue weighted by Gasteiger charge is 2.21. The maximum Gasteiger partial charge on any atom is 0.296 e. The van der Waals surface area contributed by atoms with Crippen LogP contribution in [-0.2, 0) is 0 Å². The maximum atomic E-state index is 12.2. The number of alkyl halides is 2. The number of hydrogen-bond acceptors (Lipinski definition) is 4. The van der Waals surface area contributed by atoms with Gasteiger partial charge in [0, 0.05) is 19.1 Å². The molecule has 0 amide bonds. The van der Waals surface area contributed by atoms with Crippen LogP contribution >= 0.6 is 0 Å². The fourth-order valence-corrected chi connectivity index (χ4v) is 1.60. The lowest BCUT2D eigenvalue weighted by atomic mass is 10.1. The van der Waals surface area contributed by atoms with Gasteiger partial charge in [0.2, 0.25) is 5.95 Å². The molecule has 1 fully saturated rings. The molecule has 7 heteroatoms. The summed E-state index contributed by atoms with van der Waals surface area (Å²) in [6, 6.07) is 0.203. The predicted molar refractivity (Wildman–Crippen MR) is 50.8 cm³/mol. The number of anilines is 1. The summed E-state index contributed by atoms with van der Waals surface area (Å²) in [5.74, 6) is -0.0305. The lowest BCUT2D eigenvalue weighted by Crippen LogP contribution is -2.40. The van der Waals surface area contributed by atoms with Crippen LogP contribution in [-0.4, -0.2) is 34.3 Å². The Morgan fingerprint density at radius 1 is 1.40 bits per heavy atom. The first-order valence-electron chi connectivity index (χ1n) is 4.88. The van der Waals surface area contributed by atoms with Gasteiger partial charge in [0.25, 0.3) is 6.43 Å². The zero-order valence-electron chi connectivity index (χ0n) is 8.16. The number of rotatable bonds is 2. The predicted octanol–water partition coefficient (Wildman–Crippen LogP) is 0.670. The second-order valence-corrected chi connectivity index (χ2v) is 3.65. The maximum absolute atomic E-state index is 12.2. The fraction of sp³-hybridized carbons (Fsp3) is 0.750. The normalized spacial score (nSPS) is 18.8. The van der Waals surface area contributed by atoms with Crippen molar-refractivity contribution in [2.75, 3.05) is 18.0 Å². The number of piperidine rings is 1. The van der Waals surface area contributed by atoms with E-state index in [1.54, 1.807) is 0 Å². The smallest absolute Gasteiger partial charge is 0.296 e. The highest BCUT2D eigenvalue weighted by atomic mass is 19.3. The van der Waals surface area contributed by atoms with Crippen LogP contribution in [0.2, 0.25) is 0 Å². The topological polar surface area (TPSA) is 70.8 Å². The molecule has 2 rings (SSSR count). The van der Waals surface area contributed by atoms with Crippen molar-refractivity contribution in [3.63, 3.8) is 0 Å². The molecule has 5 nitrogen and oxygen atoms in total. The number of hydrogen-bond donors (Lipinski definition) is 2. The minimum atomic E-state index is -2.60. The third-order valence-electron chi connectivity index (χ3n) is 2.52. The van der Waals surface area contributed by atoms with Crippen LogP contribution < -0.4 is 10.6 Å². The van der Waals surface area contributed by atoms with Crippen molar-refractivity contribution in [2.24, 2.45) is 5.73 Å². The standard InChI is InChI=1S/C8H13F2N5/c9-6(10)7-12-8(14-13-7)15-3-1-5(11)2-4-15/h5-6H,1-4,11H2,(H,12,13,14). The molecular formula is C8H13F2N5. The zero-order chi connectivity index (χ0) is 10.8. The van der Waals surface area contributed by atoms with Gasteiger partial charge in [0.15, 0.2) is 5.82 Å².